The number of benzene rings is 2. The molecule has 154 valence electrons. The zero-order valence-electron chi connectivity index (χ0n) is 14.9. The van der Waals surface area contributed by atoms with Crippen molar-refractivity contribution in [3.63, 3.8) is 0 Å². The minimum Gasteiger partial charge on any atom is -0.545 e. The van der Waals surface area contributed by atoms with Crippen LogP contribution in [0.1, 0.15) is 32.0 Å². The molecule has 6 nitrogen and oxygen atoms in total. The van der Waals surface area contributed by atoms with Crippen molar-refractivity contribution in [2.24, 2.45) is 5.10 Å². The second-order valence-electron chi connectivity index (χ2n) is 5.96. The summed E-state index contributed by atoms with van der Waals surface area (Å²) < 4.78 is 43.7. The smallest absolute Gasteiger partial charge is 0.416 e. The van der Waals surface area contributed by atoms with Gasteiger partial charge in [0.2, 0.25) is 0 Å². The van der Waals surface area contributed by atoms with E-state index >= 15 is 0 Å². The molecule has 0 fully saturated rings. The lowest BCUT2D eigenvalue weighted by atomic mass is 10.1. The van der Waals surface area contributed by atoms with Gasteiger partial charge in [-0.2, -0.15) is 18.3 Å². The van der Waals surface area contributed by atoms with E-state index in [9.17, 15) is 27.9 Å². The molecule has 3 rings (SSSR count). The number of alkyl halides is 3. The maximum absolute atomic E-state index is 12.7. The molecule has 30 heavy (non-hydrogen) atoms. The van der Waals surface area contributed by atoms with Crippen LogP contribution in [0, 0.1) is 0 Å². The summed E-state index contributed by atoms with van der Waals surface area (Å²) in [5, 5.41) is 14.9. The van der Waals surface area contributed by atoms with Crippen molar-refractivity contribution in [3.8, 4) is 11.3 Å². The number of nitrogens with zero attached hydrogens (tertiary/aromatic N) is 1. The van der Waals surface area contributed by atoms with Crippen LogP contribution >= 0.6 is 11.6 Å². The monoisotopic (exact) mass is 435 g/mol. The number of carbonyl (C=O) groups is 2. The molecule has 10 heteroatoms. The Morgan fingerprint density at radius 3 is 2.53 bits per heavy atom. The van der Waals surface area contributed by atoms with Crippen molar-refractivity contribution in [3.05, 3.63) is 82.1 Å². The molecule has 0 aliphatic heterocycles. The van der Waals surface area contributed by atoms with Gasteiger partial charge in [0.15, 0.2) is 0 Å². The normalized spacial score (nSPS) is 11.6. The highest BCUT2D eigenvalue weighted by molar-refractivity contribution is 6.33. The number of halogens is 4. The lowest BCUT2D eigenvalue weighted by Crippen LogP contribution is -2.22. The first-order valence-electron chi connectivity index (χ1n) is 8.27. The first-order valence-corrected chi connectivity index (χ1v) is 8.65. The van der Waals surface area contributed by atoms with E-state index in [2.05, 4.69) is 10.5 Å². The minimum atomic E-state index is -4.57. The van der Waals surface area contributed by atoms with E-state index in [4.69, 9.17) is 16.0 Å². The molecule has 2 aromatic carbocycles. The fourth-order valence-corrected chi connectivity index (χ4v) is 2.67. The van der Waals surface area contributed by atoms with Gasteiger partial charge in [0.25, 0.3) is 5.91 Å². The van der Waals surface area contributed by atoms with Crippen molar-refractivity contribution in [1.29, 1.82) is 0 Å². The van der Waals surface area contributed by atoms with Crippen LogP contribution in [0.5, 0.6) is 0 Å². The second-order valence-corrected chi connectivity index (χ2v) is 6.37. The van der Waals surface area contributed by atoms with E-state index < -0.39 is 23.6 Å². The van der Waals surface area contributed by atoms with E-state index in [1.165, 1.54) is 36.4 Å². The number of hydrogen-bond acceptors (Lipinski definition) is 5. The number of hydrazone groups is 1. The highest BCUT2D eigenvalue weighted by atomic mass is 35.5. The number of aromatic carboxylic acids is 1. The second kappa shape index (κ2) is 8.42. The summed E-state index contributed by atoms with van der Waals surface area (Å²) in [6.45, 7) is 0. The predicted molar refractivity (Wildman–Crippen MR) is 100.0 cm³/mol. The zero-order chi connectivity index (χ0) is 21.9. The van der Waals surface area contributed by atoms with E-state index in [0.717, 1.165) is 18.3 Å². The van der Waals surface area contributed by atoms with Gasteiger partial charge in [0.05, 0.1) is 22.8 Å². The number of carbonyl (C=O) groups excluding carboxylic acids is 2. The summed E-state index contributed by atoms with van der Waals surface area (Å²) in [7, 11) is 0. The Morgan fingerprint density at radius 2 is 1.83 bits per heavy atom. The Morgan fingerprint density at radius 1 is 1.07 bits per heavy atom. The molecular formula is C20H11ClF3N2O4-. The third-order valence-electron chi connectivity index (χ3n) is 3.90. The SMILES string of the molecule is O=C([O-])c1ccc(Cl)c(-c2ccc(/C=N\NC(=O)c3cccc(C(F)(F)F)c3)o2)c1. The van der Waals surface area contributed by atoms with Crippen LogP contribution in [-0.2, 0) is 6.18 Å². The summed E-state index contributed by atoms with van der Waals surface area (Å²) in [6, 6.07) is 10.8. The highest BCUT2D eigenvalue weighted by Gasteiger charge is 2.30. The molecule has 1 heterocycles. The van der Waals surface area contributed by atoms with Gasteiger partial charge < -0.3 is 14.3 Å². The van der Waals surface area contributed by atoms with Crippen molar-refractivity contribution < 1.29 is 32.3 Å². The number of nitrogens with one attached hydrogen (secondary N) is 1. The molecule has 0 saturated heterocycles. The molecule has 0 unspecified atom stereocenters. The van der Waals surface area contributed by atoms with E-state index in [-0.39, 0.29) is 27.7 Å². The van der Waals surface area contributed by atoms with Crippen LogP contribution < -0.4 is 10.5 Å². The molecule has 0 aliphatic carbocycles. The van der Waals surface area contributed by atoms with Crippen LogP contribution in [0.3, 0.4) is 0 Å². The summed E-state index contributed by atoms with van der Waals surface area (Å²) in [6.07, 6.45) is -3.44. The van der Waals surface area contributed by atoms with Crippen molar-refractivity contribution in [2.75, 3.05) is 0 Å². The van der Waals surface area contributed by atoms with Crippen molar-refractivity contribution >= 4 is 29.7 Å². The molecule has 0 atom stereocenters. The van der Waals surface area contributed by atoms with Crippen molar-refractivity contribution in [2.45, 2.75) is 6.18 Å². The molecule has 1 N–H and O–H groups in total. The topological polar surface area (TPSA) is 94.7 Å². The van der Waals surface area contributed by atoms with Crippen LogP contribution in [0.25, 0.3) is 11.3 Å². The van der Waals surface area contributed by atoms with Gasteiger partial charge in [-0.3, -0.25) is 4.79 Å². The van der Waals surface area contributed by atoms with E-state index in [1.54, 1.807) is 0 Å². The average Bonchev–Trinajstić information content (AvgIpc) is 3.16. The van der Waals surface area contributed by atoms with Gasteiger partial charge in [0, 0.05) is 11.1 Å². The Labute approximate surface area is 172 Å². The molecule has 0 radical (unpaired) electrons. The number of furan rings is 1. The first kappa shape index (κ1) is 21.1. The Kier molecular flexibility index (Phi) is 5.93. The fourth-order valence-electron chi connectivity index (χ4n) is 2.46. The van der Waals surface area contributed by atoms with Gasteiger partial charge in [-0.15, -0.1) is 0 Å². The number of amides is 1. The lowest BCUT2D eigenvalue weighted by molar-refractivity contribution is -0.255. The maximum atomic E-state index is 12.7. The van der Waals surface area contributed by atoms with Crippen molar-refractivity contribution in [1.82, 2.24) is 5.43 Å². The van der Waals surface area contributed by atoms with E-state index in [0.29, 0.717) is 11.6 Å². The fraction of sp³-hybridized carbons (Fsp3) is 0.0500. The predicted octanol–water partition coefficient (Wildman–Crippen LogP) is 3.75. The van der Waals surface area contributed by atoms with Gasteiger partial charge in [-0.1, -0.05) is 23.7 Å². The molecule has 0 spiro atoms. The average molecular weight is 436 g/mol. The third-order valence-corrected chi connectivity index (χ3v) is 4.23. The number of hydrogen-bond donors (Lipinski definition) is 1. The Balaban J connectivity index is 1.72. The molecule has 0 aliphatic rings. The van der Waals surface area contributed by atoms with Gasteiger partial charge in [-0.25, -0.2) is 5.43 Å². The lowest BCUT2D eigenvalue weighted by Gasteiger charge is -2.07. The number of carboxylic acids is 1. The molecule has 0 bridgehead atoms. The Hall–Kier alpha value is -3.59. The summed E-state index contributed by atoms with van der Waals surface area (Å²) in [5.74, 6) is -1.79. The first-order chi connectivity index (χ1) is 14.1. The third kappa shape index (κ3) is 4.87. The number of rotatable bonds is 5. The summed E-state index contributed by atoms with van der Waals surface area (Å²) in [4.78, 5) is 23.0. The van der Waals surface area contributed by atoms with Crippen LogP contribution in [-0.4, -0.2) is 18.1 Å². The Bertz CT molecular complexity index is 1140. The van der Waals surface area contributed by atoms with Crippen LogP contribution in [0.2, 0.25) is 5.02 Å². The van der Waals surface area contributed by atoms with Crippen LogP contribution in [0.15, 0.2) is 64.1 Å². The van der Waals surface area contributed by atoms with E-state index in [1.807, 2.05) is 0 Å². The maximum Gasteiger partial charge on any atom is 0.416 e. The molecule has 1 aromatic heterocycles. The quantitative estimate of drug-likeness (QED) is 0.488. The van der Waals surface area contributed by atoms with Gasteiger partial charge in [0.1, 0.15) is 11.5 Å². The van der Waals surface area contributed by atoms with Gasteiger partial charge >= 0.3 is 6.18 Å². The zero-order valence-corrected chi connectivity index (χ0v) is 15.6. The highest BCUT2D eigenvalue weighted by Crippen LogP contribution is 2.30. The van der Waals surface area contributed by atoms with Gasteiger partial charge in [-0.05, 0) is 48.0 Å². The summed E-state index contributed by atoms with van der Waals surface area (Å²) in [5.41, 5.74) is 1.16. The summed E-state index contributed by atoms with van der Waals surface area (Å²) >= 11 is 6.06. The molecule has 0 saturated carbocycles. The minimum absolute atomic E-state index is 0.0885. The number of carboxylic acid groups (broad SMARTS) is 1. The van der Waals surface area contributed by atoms with Crippen LogP contribution in [0.4, 0.5) is 13.2 Å². The molecule has 3 aromatic rings. The molecule has 1 amide bonds. The molecular weight excluding hydrogens is 425 g/mol. The largest absolute Gasteiger partial charge is 0.545 e. The standard InChI is InChI=1S/C20H12ClF3N2O4/c21-16-6-4-12(19(28)29)9-15(16)17-7-5-14(30-17)10-25-26-18(27)11-2-1-3-13(8-11)20(22,23)24/h1-10H,(H,26,27)(H,28,29)/p-1/b25-10-.